The fourth-order valence-electron chi connectivity index (χ4n) is 3.48. The fraction of sp³-hybridized carbons (Fsp3) is 0.333. The van der Waals surface area contributed by atoms with Crippen LogP contribution in [0.5, 0.6) is 23.0 Å². The SMILES string of the molecule is CC(C)Oc1ccc2c(c1)C(=O)C(CC(=O)O)C(c1ccc3c(c1)OCO3)O2. The molecule has 0 saturated heterocycles. The van der Waals surface area contributed by atoms with Crippen LogP contribution >= 0.6 is 0 Å². The van der Waals surface area contributed by atoms with Crippen molar-refractivity contribution in [1.29, 1.82) is 0 Å². The molecule has 2 heterocycles. The first kappa shape index (κ1) is 18.2. The Kier molecular flexibility index (Phi) is 4.58. The Morgan fingerprint density at radius 2 is 1.89 bits per heavy atom. The predicted octanol–water partition coefficient (Wildman–Crippen LogP) is 3.61. The summed E-state index contributed by atoms with van der Waals surface area (Å²) in [6, 6.07) is 10.3. The number of ether oxygens (including phenoxy) is 4. The Hall–Kier alpha value is -3.22. The van der Waals surface area contributed by atoms with Gasteiger partial charge in [-0.05, 0) is 49.7 Å². The Labute approximate surface area is 161 Å². The second kappa shape index (κ2) is 7.07. The van der Waals surface area contributed by atoms with Crippen molar-refractivity contribution in [2.75, 3.05) is 6.79 Å². The lowest BCUT2D eigenvalue weighted by atomic mass is 9.83. The number of Topliss-reactive ketones (excluding diaryl/α,β-unsaturated/α-hetero) is 1. The van der Waals surface area contributed by atoms with Crippen molar-refractivity contribution in [3.63, 3.8) is 0 Å². The zero-order chi connectivity index (χ0) is 19.8. The molecule has 0 aromatic heterocycles. The van der Waals surface area contributed by atoms with Crippen LogP contribution in [0, 0.1) is 5.92 Å². The molecule has 7 nitrogen and oxygen atoms in total. The summed E-state index contributed by atoms with van der Waals surface area (Å²) >= 11 is 0. The number of rotatable bonds is 5. The first-order valence-electron chi connectivity index (χ1n) is 9.05. The van der Waals surface area contributed by atoms with E-state index in [4.69, 9.17) is 18.9 Å². The van der Waals surface area contributed by atoms with Gasteiger partial charge in [-0.25, -0.2) is 0 Å². The van der Waals surface area contributed by atoms with Gasteiger partial charge in [0.15, 0.2) is 17.3 Å². The van der Waals surface area contributed by atoms with Gasteiger partial charge in [-0.15, -0.1) is 0 Å². The highest BCUT2D eigenvalue weighted by molar-refractivity contribution is 6.03. The van der Waals surface area contributed by atoms with Crippen LogP contribution in [-0.4, -0.2) is 29.8 Å². The first-order chi connectivity index (χ1) is 13.4. The lowest BCUT2D eigenvalue weighted by molar-refractivity contribution is -0.138. The van der Waals surface area contributed by atoms with E-state index in [1.54, 1.807) is 36.4 Å². The van der Waals surface area contributed by atoms with Crippen LogP contribution in [0.25, 0.3) is 0 Å². The van der Waals surface area contributed by atoms with Crippen molar-refractivity contribution in [2.24, 2.45) is 5.92 Å². The molecule has 2 aromatic rings. The van der Waals surface area contributed by atoms with Crippen LogP contribution in [0.15, 0.2) is 36.4 Å². The van der Waals surface area contributed by atoms with Crippen LogP contribution in [0.1, 0.15) is 42.3 Å². The van der Waals surface area contributed by atoms with E-state index in [2.05, 4.69) is 0 Å². The molecule has 1 N–H and O–H groups in total. The molecule has 2 unspecified atom stereocenters. The third-order valence-electron chi connectivity index (χ3n) is 4.66. The number of hydrogen-bond acceptors (Lipinski definition) is 6. The minimum atomic E-state index is -1.06. The van der Waals surface area contributed by atoms with E-state index < -0.39 is 18.0 Å². The lowest BCUT2D eigenvalue weighted by Crippen LogP contribution is -2.33. The van der Waals surface area contributed by atoms with Gasteiger partial charge < -0.3 is 24.1 Å². The molecule has 0 amide bonds. The zero-order valence-corrected chi connectivity index (χ0v) is 15.5. The number of carbonyl (C=O) groups is 2. The topological polar surface area (TPSA) is 91.3 Å². The van der Waals surface area contributed by atoms with E-state index in [0.717, 1.165) is 0 Å². The van der Waals surface area contributed by atoms with E-state index in [9.17, 15) is 14.7 Å². The van der Waals surface area contributed by atoms with Gasteiger partial charge in [0.2, 0.25) is 6.79 Å². The molecule has 0 saturated carbocycles. The van der Waals surface area contributed by atoms with Crippen molar-refractivity contribution in [1.82, 2.24) is 0 Å². The quantitative estimate of drug-likeness (QED) is 0.842. The molecular formula is C21H20O7. The summed E-state index contributed by atoms with van der Waals surface area (Å²) in [6.07, 6.45) is -1.12. The molecule has 0 spiro atoms. The second-order valence-corrected chi connectivity index (χ2v) is 7.04. The average Bonchev–Trinajstić information content (AvgIpc) is 3.11. The third kappa shape index (κ3) is 3.35. The van der Waals surface area contributed by atoms with Gasteiger partial charge in [0.05, 0.1) is 24.0 Å². The van der Waals surface area contributed by atoms with E-state index in [1.165, 1.54) is 0 Å². The molecule has 28 heavy (non-hydrogen) atoms. The number of carboxylic acids is 1. The van der Waals surface area contributed by atoms with Crippen molar-refractivity contribution < 1.29 is 33.6 Å². The van der Waals surface area contributed by atoms with Crippen LogP contribution in [0.3, 0.4) is 0 Å². The number of ketones is 1. The van der Waals surface area contributed by atoms with Crippen molar-refractivity contribution in [2.45, 2.75) is 32.5 Å². The number of carboxylic acid groups (broad SMARTS) is 1. The van der Waals surface area contributed by atoms with Crippen molar-refractivity contribution in [3.05, 3.63) is 47.5 Å². The Bertz CT molecular complexity index is 934. The van der Waals surface area contributed by atoms with Gasteiger partial charge in [-0.3, -0.25) is 9.59 Å². The molecule has 4 rings (SSSR count). The van der Waals surface area contributed by atoms with Gasteiger partial charge in [0.25, 0.3) is 0 Å². The highest BCUT2D eigenvalue weighted by Crippen LogP contribution is 2.44. The predicted molar refractivity (Wildman–Crippen MR) is 98.2 cm³/mol. The monoisotopic (exact) mass is 384 g/mol. The number of carbonyl (C=O) groups excluding carboxylic acids is 1. The largest absolute Gasteiger partial charge is 0.491 e. The minimum Gasteiger partial charge on any atom is -0.491 e. The standard InChI is InChI=1S/C21H20O7/c1-11(2)27-13-4-6-16-14(8-13)20(24)15(9-19(22)23)21(28-16)12-3-5-17-18(7-12)26-10-25-17/h3-8,11,15,21H,9-10H2,1-2H3,(H,22,23). The van der Waals surface area contributed by atoms with Crippen molar-refractivity contribution >= 4 is 11.8 Å². The first-order valence-corrected chi connectivity index (χ1v) is 9.05. The minimum absolute atomic E-state index is 0.0474. The molecule has 2 atom stereocenters. The lowest BCUT2D eigenvalue weighted by Gasteiger charge is -2.32. The van der Waals surface area contributed by atoms with E-state index in [1.807, 2.05) is 13.8 Å². The summed E-state index contributed by atoms with van der Waals surface area (Å²) in [7, 11) is 0. The molecule has 146 valence electrons. The van der Waals surface area contributed by atoms with Crippen LogP contribution in [0.4, 0.5) is 0 Å². The van der Waals surface area contributed by atoms with Crippen LogP contribution in [0.2, 0.25) is 0 Å². The maximum atomic E-state index is 13.2. The highest BCUT2D eigenvalue weighted by atomic mass is 16.7. The molecule has 2 aromatic carbocycles. The van der Waals surface area contributed by atoms with Gasteiger partial charge >= 0.3 is 5.97 Å². The van der Waals surface area contributed by atoms with Gasteiger partial charge in [-0.2, -0.15) is 0 Å². The van der Waals surface area contributed by atoms with Crippen LogP contribution in [-0.2, 0) is 4.79 Å². The van der Waals surface area contributed by atoms with E-state index >= 15 is 0 Å². The molecule has 2 aliphatic rings. The smallest absolute Gasteiger partial charge is 0.304 e. The highest BCUT2D eigenvalue weighted by Gasteiger charge is 2.40. The summed E-state index contributed by atoms with van der Waals surface area (Å²) in [5.41, 5.74) is 0.999. The summed E-state index contributed by atoms with van der Waals surface area (Å²) in [5.74, 6) is -0.0942. The normalized spacial score (nSPS) is 19.9. The van der Waals surface area contributed by atoms with Crippen LogP contribution < -0.4 is 18.9 Å². The molecule has 0 aliphatic carbocycles. The molecule has 7 heteroatoms. The average molecular weight is 384 g/mol. The number of fused-ring (bicyclic) bond motifs is 2. The molecule has 0 bridgehead atoms. The second-order valence-electron chi connectivity index (χ2n) is 7.04. The Morgan fingerprint density at radius 3 is 2.64 bits per heavy atom. The van der Waals surface area contributed by atoms with Gasteiger partial charge in [0.1, 0.15) is 17.6 Å². The molecule has 2 aliphatic heterocycles. The summed E-state index contributed by atoms with van der Waals surface area (Å²) in [5, 5.41) is 9.35. The molecule has 0 fully saturated rings. The Morgan fingerprint density at radius 1 is 1.14 bits per heavy atom. The third-order valence-corrected chi connectivity index (χ3v) is 4.66. The summed E-state index contributed by atoms with van der Waals surface area (Å²) in [6.45, 7) is 3.91. The van der Waals surface area contributed by atoms with Crippen molar-refractivity contribution in [3.8, 4) is 23.0 Å². The number of hydrogen-bond donors (Lipinski definition) is 1. The Balaban J connectivity index is 1.72. The van der Waals surface area contributed by atoms with Gasteiger partial charge in [-0.1, -0.05) is 6.07 Å². The van der Waals surface area contributed by atoms with Gasteiger partial charge in [0, 0.05) is 0 Å². The summed E-state index contributed by atoms with van der Waals surface area (Å²) < 4.78 is 22.5. The molecular weight excluding hydrogens is 364 g/mol. The zero-order valence-electron chi connectivity index (χ0n) is 15.5. The maximum Gasteiger partial charge on any atom is 0.304 e. The fourth-order valence-corrected chi connectivity index (χ4v) is 3.48. The van der Waals surface area contributed by atoms with E-state index in [-0.39, 0.29) is 25.1 Å². The maximum absolute atomic E-state index is 13.2. The van der Waals surface area contributed by atoms with E-state index in [0.29, 0.717) is 34.1 Å². The summed E-state index contributed by atoms with van der Waals surface area (Å²) in [4.78, 5) is 24.6. The number of benzene rings is 2. The number of aliphatic carboxylic acids is 1. The molecule has 0 radical (unpaired) electrons.